The molecule has 2 saturated heterocycles. The van der Waals surface area contributed by atoms with Crippen LogP contribution in [-0.2, 0) is 4.74 Å². The highest BCUT2D eigenvalue weighted by Gasteiger charge is 2.47. The van der Waals surface area contributed by atoms with Crippen molar-refractivity contribution in [2.24, 2.45) is 5.41 Å². The molecule has 0 spiro atoms. The monoisotopic (exact) mass is 291 g/mol. The fraction of sp³-hybridized carbons (Fsp3) is 0.667. The Labute approximate surface area is 123 Å². The molecule has 6 nitrogen and oxygen atoms in total. The van der Waals surface area contributed by atoms with Crippen LogP contribution >= 0.6 is 0 Å². The van der Waals surface area contributed by atoms with Crippen LogP contribution in [0.2, 0.25) is 0 Å². The van der Waals surface area contributed by atoms with Gasteiger partial charge in [-0.05, 0) is 38.0 Å². The summed E-state index contributed by atoms with van der Waals surface area (Å²) in [5.74, 6) is -0.533. The average Bonchev–Trinajstić information content (AvgIpc) is 2.46. The maximum Gasteiger partial charge on any atom is 0.339 e. The van der Waals surface area contributed by atoms with Crippen LogP contribution in [0.15, 0.2) is 6.20 Å². The van der Waals surface area contributed by atoms with Crippen molar-refractivity contribution in [3.63, 3.8) is 0 Å². The van der Waals surface area contributed by atoms with E-state index in [0.29, 0.717) is 23.6 Å². The maximum atomic E-state index is 11.0. The highest BCUT2D eigenvalue weighted by molar-refractivity contribution is 5.88. The highest BCUT2D eigenvalue weighted by Crippen LogP contribution is 2.48. The quantitative estimate of drug-likeness (QED) is 0.885. The first-order chi connectivity index (χ1) is 9.91. The molecule has 114 valence electrons. The minimum absolute atomic E-state index is 0.111. The summed E-state index contributed by atoms with van der Waals surface area (Å²) in [5.41, 5.74) is 0.859. The molecule has 2 bridgehead atoms. The second-order valence-electron chi connectivity index (χ2n) is 6.63. The molecule has 0 amide bonds. The molecular weight excluding hydrogens is 270 g/mol. The van der Waals surface area contributed by atoms with Gasteiger partial charge < -0.3 is 15.2 Å². The molecule has 3 aliphatic rings. The molecule has 1 aliphatic carbocycles. The number of nitrogens with zero attached hydrogens (tertiary/aromatic N) is 2. The van der Waals surface area contributed by atoms with E-state index in [1.165, 1.54) is 19.0 Å². The van der Waals surface area contributed by atoms with E-state index in [9.17, 15) is 4.79 Å². The summed E-state index contributed by atoms with van der Waals surface area (Å²) >= 11 is 0. The van der Waals surface area contributed by atoms with Crippen molar-refractivity contribution in [2.45, 2.75) is 45.1 Å². The number of fused-ring (bicyclic) bond motifs is 3. The van der Waals surface area contributed by atoms with E-state index in [0.717, 1.165) is 19.4 Å². The van der Waals surface area contributed by atoms with Crippen LogP contribution in [0.4, 0.5) is 5.95 Å². The number of nitrogens with one attached hydrogen (secondary N) is 1. The number of aromatic carboxylic acids is 1. The van der Waals surface area contributed by atoms with Crippen LogP contribution in [0, 0.1) is 12.3 Å². The molecule has 21 heavy (non-hydrogen) atoms. The van der Waals surface area contributed by atoms with Gasteiger partial charge in [-0.3, -0.25) is 0 Å². The summed E-state index contributed by atoms with van der Waals surface area (Å²) in [7, 11) is 0. The highest BCUT2D eigenvalue weighted by atomic mass is 16.5. The number of rotatable bonds is 4. The van der Waals surface area contributed by atoms with Gasteiger partial charge in [0.15, 0.2) is 0 Å². The number of carboxylic acids is 1. The first-order valence-corrected chi connectivity index (χ1v) is 7.36. The summed E-state index contributed by atoms with van der Waals surface area (Å²) in [4.78, 5) is 19.2. The average molecular weight is 291 g/mol. The molecule has 1 aromatic heterocycles. The lowest BCUT2D eigenvalue weighted by Crippen LogP contribution is -2.53. The fourth-order valence-corrected chi connectivity index (χ4v) is 3.16. The lowest BCUT2D eigenvalue weighted by Gasteiger charge is -2.51. The molecule has 4 rings (SSSR count). The first kappa shape index (κ1) is 14.3. The van der Waals surface area contributed by atoms with Crippen molar-refractivity contribution in [1.29, 1.82) is 0 Å². The predicted octanol–water partition coefficient (Wildman–Crippen LogP) is 2.24. The van der Waals surface area contributed by atoms with Gasteiger partial charge in [-0.25, -0.2) is 14.8 Å². The molecule has 2 aliphatic heterocycles. The third kappa shape index (κ3) is 2.72. The van der Waals surface area contributed by atoms with E-state index < -0.39 is 5.97 Å². The van der Waals surface area contributed by atoms with Gasteiger partial charge in [0.2, 0.25) is 5.95 Å². The second-order valence-corrected chi connectivity index (χ2v) is 6.63. The lowest BCUT2D eigenvalue weighted by atomic mass is 9.67. The Morgan fingerprint density at radius 3 is 2.67 bits per heavy atom. The normalized spacial score (nSPS) is 31.1. The van der Waals surface area contributed by atoms with Crippen molar-refractivity contribution in [3.05, 3.63) is 17.5 Å². The Morgan fingerprint density at radius 2 is 2.14 bits per heavy atom. The van der Waals surface area contributed by atoms with Gasteiger partial charge in [-0.2, -0.15) is 0 Å². The van der Waals surface area contributed by atoms with Gasteiger partial charge in [0.25, 0.3) is 0 Å². The van der Waals surface area contributed by atoms with Crippen molar-refractivity contribution >= 4 is 11.9 Å². The third-order valence-corrected chi connectivity index (χ3v) is 4.87. The van der Waals surface area contributed by atoms with E-state index >= 15 is 0 Å². The summed E-state index contributed by atoms with van der Waals surface area (Å²) < 4.78 is 6.07. The zero-order valence-electron chi connectivity index (χ0n) is 12.5. The minimum Gasteiger partial charge on any atom is -0.478 e. The number of hydrogen-bond donors (Lipinski definition) is 2. The van der Waals surface area contributed by atoms with Crippen LogP contribution < -0.4 is 5.32 Å². The molecule has 2 N–H and O–H groups in total. The fourth-order valence-electron chi connectivity index (χ4n) is 3.16. The molecule has 0 radical (unpaired) electrons. The Morgan fingerprint density at radius 1 is 1.43 bits per heavy atom. The zero-order valence-corrected chi connectivity index (χ0v) is 12.5. The minimum atomic E-state index is -1.00. The van der Waals surface area contributed by atoms with E-state index in [1.54, 1.807) is 6.92 Å². The number of ether oxygens (including phenoxy) is 1. The van der Waals surface area contributed by atoms with Crippen molar-refractivity contribution in [3.8, 4) is 0 Å². The SMILES string of the molecule is Cc1nc(NCC23CCC(C)(CC2)CO3)ncc1C(=O)O. The maximum absolute atomic E-state index is 11.0. The number of aryl methyl sites for hydroxylation is 1. The second kappa shape index (κ2) is 4.94. The number of carbonyl (C=O) groups is 1. The zero-order chi connectivity index (χ0) is 15.1. The van der Waals surface area contributed by atoms with Crippen molar-refractivity contribution in [1.82, 2.24) is 9.97 Å². The van der Waals surface area contributed by atoms with Gasteiger partial charge in [-0.15, -0.1) is 0 Å². The molecule has 0 aromatic carbocycles. The van der Waals surface area contributed by atoms with E-state index in [2.05, 4.69) is 22.2 Å². The van der Waals surface area contributed by atoms with Gasteiger partial charge in [-0.1, -0.05) is 6.92 Å². The number of hydrogen-bond acceptors (Lipinski definition) is 5. The lowest BCUT2D eigenvalue weighted by molar-refractivity contribution is -0.169. The predicted molar refractivity (Wildman–Crippen MR) is 77.5 cm³/mol. The molecule has 1 saturated carbocycles. The molecule has 6 heteroatoms. The van der Waals surface area contributed by atoms with Crippen LogP contribution in [0.3, 0.4) is 0 Å². The molecular formula is C15H21N3O3. The van der Waals surface area contributed by atoms with Gasteiger partial charge in [0, 0.05) is 12.7 Å². The van der Waals surface area contributed by atoms with Gasteiger partial charge in [0.1, 0.15) is 0 Å². The molecule has 0 atom stereocenters. The first-order valence-electron chi connectivity index (χ1n) is 7.36. The number of anilines is 1. The smallest absolute Gasteiger partial charge is 0.339 e. The summed E-state index contributed by atoms with van der Waals surface area (Å²) in [6.07, 6.45) is 5.87. The topological polar surface area (TPSA) is 84.3 Å². The van der Waals surface area contributed by atoms with Crippen molar-refractivity contribution < 1.29 is 14.6 Å². The summed E-state index contributed by atoms with van der Waals surface area (Å²) in [6, 6.07) is 0. The Bertz CT molecular complexity index is 549. The van der Waals surface area contributed by atoms with Crippen LogP contribution in [0.5, 0.6) is 0 Å². The Hall–Kier alpha value is -1.69. The summed E-state index contributed by atoms with van der Waals surface area (Å²) in [5, 5.41) is 12.2. The standard InChI is InChI=1S/C15H21N3O3/c1-10-11(12(19)20)7-16-13(18-10)17-8-15-5-3-14(2,4-6-15)9-21-15/h7H,3-6,8-9H2,1-2H3,(H,19,20)(H,16,17,18). The molecule has 1 aromatic rings. The Balaban J connectivity index is 1.66. The largest absolute Gasteiger partial charge is 0.478 e. The van der Waals surface area contributed by atoms with Crippen LogP contribution in [0.25, 0.3) is 0 Å². The van der Waals surface area contributed by atoms with Crippen LogP contribution in [0.1, 0.15) is 48.7 Å². The van der Waals surface area contributed by atoms with E-state index in [4.69, 9.17) is 9.84 Å². The Kier molecular flexibility index (Phi) is 3.36. The number of carboxylic acid groups (broad SMARTS) is 1. The van der Waals surface area contributed by atoms with Crippen LogP contribution in [-0.4, -0.2) is 39.8 Å². The van der Waals surface area contributed by atoms with E-state index in [-0.39, 0.29) is 11.2 Å². The molecule has 3 heterocycles. The van der Waals surface area contributed by atoms with E-state index in [1.807, 2.05) is 0 Å². The van der Waals surface area contributed by atoms with Crippen molar-refractivity contribution in [2.75, 3.05) is 18.5 Å². The third-order valence-electron chi connectivity index (χ3n) is 4.87. The number of aromatic nitrogens is 2. The summed E-state index contributed by atoms with van der Waals surface area (Å²) in [6.45, 7) is 5.47. The van der Waals surface area contributed by atoms with Gasteiger partial charge >= 0.3 is 5.97 Å². The molecule has 0 unspecified atom stereocenters. The molecule has 3 fully saturated rings. The van der Waals surface area contributed by atoms with Gasteiger partial charge in [0.05, 0.1) is 23.5 Å².